The summed E-state index contributed by atoms with van der Waals surface area (Å²) < 4.78 is 14.4. The van der Waals surface area contributed by atoms with Crippen LogP contribution in [0, 0.1) is 10.1 Å². The van der Waals surface area contributed by atoms with Gasteiger partial charge in [0.05, 0.1) is 0 Å². The van der Waals surface area contributed by atoms with Crippen molar-refractivity contribution in [3.8, 4) is 0 Å². The van der Waals surface area contributed by atoms with Crippen molar-refractivity contribution in [2.24, 2.45) is 0 Å². The molecule has 3 aromatic rings. The van der Waals surface area contributed by atoms with E-state index in [-0.39, 0.29) is 11.5 Å². The maximum atomic E-state index is 14.4. The first-order valence-corrected chi connectivity index (χ1v) is 10.9. The molecule has 3 aromatic carbocycles. The number of nitro groups is 1. The summed E-state index contributed by atoms with van der Waals surface area (Å²) in [6, 6.07) is 27.5. The first-order chi connectivity index (χ1) is 13.5. The lowest BCUT2D eigenvalue weighted by atomic mass is 9.88. The average molecular weight is 394 g/mol. The Balaban J connectivity index is 2.19. The van der Waals surface area contributed by atoms with E-state index in [9.17, 15) is 14.7 Å². The van der Waals surface area contributed by atoms with Gasteiger partial charge in [-0.05, 0) is 36.2 Å². The molecule has 0 heterocycles. The predicted molar refractivity (Wildman–Crippen MR) is 113 cm³/mol. The van der Waals surface area contributed by atoms with E-state index in [0.717, 1.165) is 5.56 Å². The molecule has 0 amide bonds. The van der Waals surface area contributed by atoms with Crippen LogP contribution in [0.2, 0.25) is 0 Å². The zero-order valence-electron chi connectivity index (χ0n) is 15.7. The summed E-state index contributed by atoms with van der Waals surface area (Å²) in [4.78, 5) is 11.2. The second kappa shape index (κ2) is 8.51. The molecule has 0 fully saturated rings. The lowest BCUT2D eigenvalue weighted by Crippen LogP contribution is -2.48. The molecule has 0 saturated heterocycles. The van der Waals surface area contributed by atoms with Crippen LogP contribution in [0.1, 0.15) is 18.9 Å². The van der Waals surface area contributed by atoms with Crippen LogP contribution in [0.5, 0.6) is 0 Å². The van der Waals surface area contributed by atoms with Gasteiger partial charge in [-0.3, -0.25) is 14.7 Å². The van der Waals surface area contributed by atoms with Crippen LogP contribution < -0.4 is 15.7 Å². The van der Waals surface area contributed by atoms with Gasteiger partial charge in [0.15, 0.2) is 0 Å². The molecular formula is C22H23N2O3P. The van der Waals surface area contributed by atoms with Crippen molar-refractivity contribution in [3.63, 3.8) is 0 Å². The number of nitrogens with one attached hydrogen (secondary N) is 1. The first kappa shape index (κ1) is 20.0. The first-order valence-electron chi connectivity index (χ1n) is 9.18. The van der Waals surface area contributed by atoms with E-state index in [1.807, 2.05) is 73.7 Å². The van der Waals surface area contributed by atoms with Crippen molar-refractivity contribution in [1.29, 1.82) is 0 Å². The van der Waals surface area contributed by atoms with Crippen LogP contribution >= 0.6 is 7.29 Å². The van der Waals surface area contributed by atoms with Crippen LogP contribution in [-0.4, -0.2) is 11.5 Å². The van der Waals surface area contributed by atoms with E-state index >= 15 is 0 Å². The Morgan fingerprint density at radius 3 is 1.68 bits per heavy atom. The van der Waals surface area contributed by atoms with Gasteiger partial charge in [-0.15, -0.1) is 0 Å². The molecule has 28 heavy (non-hydrogen) atoms. The number of hydrogen-bond donors (Lipinski definition) is 1. The summed E-state index contributed by atoms with van der Waals surface area (Å²) in [7, 11) is -3.34. The minimum absolute atomic E-state index is 0.343. The molecule has 0 unspecified atom stereocenters. The Bertz CT molecular complexity index is 921. The summed E-state index contributed by atoms with van der Waals surface area (Å²) in [6.45, 7) is 1.51. The maximum absolute atomic E-state index is 14.4. The average Bonchev–Trinajstić information content (AvgIpc) is 2.74. The molecule has 1 atom stereocenters. The summed E-state index contributed by atoms with van der Waals surface area (Å²) in [5.41, 5.74) is -0.312. The smallest absolute Gasteiger partial charge is 0.226 e. The summed E-state index contributed by atoms with van der Waals surface area (Å²) in [5.74, 6) is 0. The van der Waals surface area contributed by atoms with Gasteiger partial charge in [0.2, 0.25) is 13.8 Å². The van der Waals surface area contributed by atoms with Crippen LogP contribution in [0.25, 0.3) is 0 Å². The van der Waals surface area contributed by atoms with Crippen molar-refractivity contribution in [1.82, 2.24) is 5.09 Å². The molecule has 0 radical (unpaired) electrons. The normalized spacial score (nSPS) is 13.6. The molecule has 0 bridgehead atoms. The van der Waals surface area contributed by atoms with Crippen molar-refractivity contribution >= 4 is 17.9 Å². The van der Waals surface area contributed by atoms with Gasteiger partial charge in [-0.2, -0.15) is 0 Å². The predicted octanol–water partition coefficient (Wildman–Crippen LogP) is 4.09. The summed E-state index contributed by atoms with van der Waals surface area (Å²) in [5, 5.41) is 16.1. The van der Waals surface area contributed by atoms with Gasteiger partial charge in [0, 0.05) is 15.5 Å². The second-order valence-electron chi connectivity index (χ2n) is 6.68. The highest BCUT2D eigenvalue weighted by Crippen LogP contribution is 2.44. The fourth-order valence-electron chi connectivity index (χ4n) is 3.42. The molecule has 0 saturated carbocycles. The Morgan fingerprint density at radius 2 is 1.29 bits per heavy atom. The summed E-state index contributed by atoms with van der Waals surface area (Å²) >= 11 is 0. The largest absolute Gasteiger partial charge is 0.296 e. The van der Waals surface area contributed by atoms with E-state index in [1.165, 1.54) is 0 Å². The second-order valence-corrected chi connectivity index (χ2v) is 9.16. The van der Waals surface area contributed by atoms with Crippen LogP contribution in [-0.2, 0) is 10.1 Å². The maximum Gasteiger partial charge on any atom is 0.226 e. The molecule has 3 rings (SSSR count). The van der Waals surface area contributed by atoms with E-state index in [1.54, 1.807) is 24.3 Å². The highest BCUT2D eigenvalue weighted by atomic mass is 31.2. The fourth-order valence-corrected chi connectivity index (χ4v) is 6.12. The van der Waals surface area contributed by atoms with Crippen molar-refractivity contribution in [2.75, 3.05) is 6.54 Å². The third-order valence-electron chi connectivity index (χ3n) is 4.94. The number of benzene rings is 3. The van der Waals surface area contributed by atoms with Gasteiger partial charge in [0.1, 0.15) is 5.54 Å². The van der Waals surface area contributed by atoms with Crippen molar-refractivity contribution < 1.29 is 9.49 Å². The molecule has 0 aromatic heterocycles. The third kappa shape index (κ3) is 4.06. The lowest BCUT2D eigenvalue weighted by molar-refractivity contribution is -0.492. The van der Waals surface area contributed by atoms with E-state index < -0.39 is 12.8 Å². The van der Waals surface area contributed by atoms with Gasteiger partial charge in [0.25, 0.3) is 0 Å². The minimum atomic E-state index is -3.34. The Labute approximate surface area is 165 Å². The van der Waals surface area contributed by atoms with Crippen LogP contribution in [0.4, 0.5) is 0 Å². The zero-order valence-corrected chi connectivity index (χ0v) is 16.6. The van der Waals surface area contributed by atoms with E-state index in [0.29, 0.717) is 17.0 Å². The Hall–Kier alpha value is -2.75. The fraction of sp³-hybridized carbons (Fsp3) is 0.182. The molecule has 0 spiro atoms. The number of rotatable bonds is 8. The summed E-state index contributed by atoms with van der Waals surface area (Å²) in [6.07, 6.45) is 0.418. The van der Waals surface area contributed by atoms with Gasteiger partial charge in [-0.25, -0.2) is 5.09 Å². The topological polar surface area (TPSA) is 72.2 Å². The molecule has 144 valence electrons. The van der Waals surface area contributed by atoms with E-state index in [4.69, 9.17) is 0 Å². The van der Waals surface area contributed by atoms with Gasteiger partial charge >= 0.3 is 0 Å². The van der Waals surface area contributed by atoms with Gasteiger partial charge in [-0.1, -0.05) is 73.7 Å². The van der Waals surface area contributed by atoms with Crippen molar-refractivity contribution in [2.45, 2.75) is 18.9 Å². The van der Waals surface area contributed by atoms with Crippen LogP contribution in [0.15, 0.2) is 91.0 Å². The van der Waals surface area contributed by atoms with Crippen molar-refractivity contribution in [3.05, 3.63) is 107 Å². The Morgan fingerprint density at radius 1 is 0.857 bits per heavy atom. The monoisotopic (exact) mass is 394 g/mol. The van der Waals surface area contributed by atoms with Crippen LogP contribution in [0.3, 0.4) is 0 Å². The number of nitrogens with zero attached hydrogens (tertiary/aromatic N) is 1. The number of hydrogen-bond acceptors (Lipinski definition) is 3. The highest BCUT2D eigenvalue weighted by Gasteiger charge is 2.43. The molecule has 1 N–H and O–H groups in total. The molecule has 6 heteroatoms. The standard InChI is InChI=1S/C22H23N2O3P/c1-2-22(18-24(25)26,19-12-6-3-7-13-19)23-28(27,20-14-8-4-9-15-20)21-16-10-5-11-17-21/h3-17H,2,18H2,1H3,(H,23,27)/t22-/m0/s1. The van der Waals surface area contributed by atoms with E-state index in [2.05, 4.69) is 5.09 Å². The molecule has 0 aliphatic rings. The van der Waals surface area contributed by atoms with Gasteiger partial charge < -0.3 is 0 Å². The molecule has 0 aliphatic heterocycles. The molecule has 5 nitrogen and oxygen atoms in total. The quantitative estimate of drug-likeness (QED) is 0.355. The highest BCUT2D eigenvalue weighted by molar-refractivity contribution is 7.77. The lowest BCUT2D eigenvalue weighted by Gasteiger charge is -2.35. The third-order valence-corrected chi connectivity index (χ3v) is 7.73. The SMILES string of the molecule is CC[C@@](C[N+](=O)[O-])(NP(=O)(c1ccccc1)c1ccccc1)c1ccccc1. The zero-order chi connectivity index (χ0) is 20.0. The minimum Gasteiger partial charge on any atom is -0.296 e. The Kier molecular flexibility index (Phi) is 6.08. The molecule has 0 aliphatic carbocycles. The molecular weight excluding hydrogens is 371 g/mol.